The lowest BCUT2D eigenvalue weighted by atomic mass is 10.1. The van der Waals surface area contributed by atoms with Crippen LogP contribution in [0, 0.1) is 11.3 Å². The molecule has 1 aromatic carbocycles. The lowest BCUT2D eigenvalue weighted by Gasteiger charge is -2.22. The highest BCUT2D eigenvalue weighted by atomic mass is 32.2. The lowest BCUT2D eigenvalue weighted by molar-refractivity contribution is -0.119. The first kappa shape index (κ1) is 19.7. The smallest absolute Gasteiger partial charge is 0.253 e. The van der Waals surface area contributed by atoms with E-state index in [0.29, 0.717) is 35.8 Å². The van der Waals surface area contributed by atoms with E-state index >= 15 is 0 Å². The van der Waals surface area contributed by atoms with Gasteiger partial charge in [-0.1, -0.05) is 18.2 Å². The molecule has 7 nitrogen and oxygen atoms in total. The van der Waals surface area contributed by atoms with E-state index in [1.165, 1.54) is 15.6 Å². The highest BCUT2D eigenvalue weighted by molar-refractivity contribution is 7.91. The Balaban J connectivity index is 1.49. The van der Waals surface area contributed by atoms with Crippen molar-refractivity contribution in [1.82, 2.24) is 9.29 Å². The van der Waals surface area contributed by atoms with Crippen molar-refractivity contribution in [2.75, 3.05) is 11.9 Å². The molecule has 1 amide bonds. The third-order valence-corrected chi connectivity index (χ3v) is 8.65. The lowest BCUT2D eigenvalue weighted by Crippen LogP contribution is -2.42. The molecular weight excluding hydrogens is 428 g/mol. The molecular formula is C19H16N4O3S3. The summed E-state index contributed by atoms with van der Waals surface area (Å²) >= 11 is 2.42. The molecule has 0 unspecified atom stereocenters. The number of amides is 1. The number of thiazole rings is 1. The minimum absolute atomic E-state index is 0.245. The highest BCUT2D eigenvalue weighted by Gasteiger charge is 2.40. The van der Waals surface area contributed by atoms with Crippen LogP contribution in [0.1, 0.15) is 18.4 Å². The van der Waals surface area contributed by atoms with Crippen molar-refractivity contribution in [3.63, 3.8) is 0 Å². The molecule has 0 spiro atoms. The van der Waals surface area contributed by atoms with E-state index in [2.05, 4.69) is 16.4 Å². The standard InChI is InChI=1S/C19H16N4O3S3/c20-11-13-5-7-14(8-6-13)15-12-28-19(21-15)22-18(24)16-3-1-9-23(16)29(25,26)17-4-2-10-27-17/h2,4-8,10,12,16H,1,3,9H2,(H,21,22,24)/t16-/m1/s1. The molecule has 4 rings (SSSR count). The van der Waals surface area contributed by atoms with Crippen molar-refractivity contribution < 1.29 is 13.2 Å². The van der Waals surface area contributed by atoms with Gasteiger partial charge in [-0.25, -0.2) is 13.4 Å². The molecule has 1 N–H and O–H groups in total. The van der Waals surface area contributed by atoms with Gasteiger partial charge in [0.15, 0.2) is 5.13 Å². The number of sulfonamides is 1. The predicted molar refractivity (Wildman–Crippen MR) is 112 cm³/mol. The van der Waals surface area contributed by atoms with E-state index in [0.717, 1.165) is 16.9 Å². The predicted octanol–water partition coefficient (Wildman–Crippen LogP) is 3.54. The topological polar surface area (TPSA) is 103 Å². The van der Waals surface area contributed by atoms with Gasteiger partial charge in [-0.05, 0) is 36.4 Å². The van der Waals surface area contributed by atoms with Gasteiger partial charge in [0.1, 0.15) is 10.3 Å². The van der Waals surface area contributed by atoms with Crippen LogP contribution in [0.5, 0.6) is 0 Å². The first-order valence-corrected chi connectivity index (χ1v) is 12.0. The minimum Gasteiger partial charge on any atom is -0.301 e. The van der Waals surface area contributed by atoms with Crippen LogP contribution in [0.15, 0.2) is 51.4 Å². The zero-order valence-electron chi connectivity index (χ0n) is 15.1. The summed E-state index contributed by atoms with van der Waals surface area (Å²) in [4.78, 5) is 17.2. The van der Waals surface area contributed by atoms with Crippen LogP contribution in [0.25, 0.3) is 11.3 Å². The first-order valence-electron chi connectivity index (χ1n) is 8.81. The van der Waals surface area contributed by atoms with Crippen molar-refractivity contribution in [2.45, 2.75) is 23.1 Å². The molecule has 0 radical (unpaired) electrons. The number of nitrogens with one attached hydrogen (secondary N) is 1. The Bertz CT molecular complexity index is 1160. The summed E-state index contributed by atoms with van der Waals surface area (Å²) in [5.41, 5.74) is 2.08. The quantitative estimate of drug-likeness (QED) is 0.648. The Kier molecular flexibility index (Phi) is 5.47. The summed E-state index contributed by atoms with van der Waals surface area (Å²) in [5.74, 6) is -0.372. The van der Waals surface area contributed by atoms with Gasteiger partial charge in [-0.3, -0.25) is 4.79 Å². The van der Waals surface area contributed by atoms with E-state index in [-0.39, 0.29) is 10.1 Å². The molecule has 1 atom stereocenters. The van der Waals surface area contributed by atoms with E-state index < -0.39 is 16.1 Å². The number of benzene rings is 1. The first-order chi connectivity index (χ1) is 14.0. The van der Waals surface area contributed by atoms with Crippen molar-refractivity contribution in [3.05, 3.63) is 52.7 Å². The van der Waals surface area contributed by atoms with Crippen molar-refractivity contribution >= 4 is 43.7 Å². The maximum atomic E-state index is 12.8. The van der Waals surface area contributed by atoms with Crippen LogP contribution < -0.4 is 5.32 Å². The molecule has 148 valence electrons. The zero-order valence-corrected chi connectivity index (χ0v) is 17.6. The van der Waals surface area contributed by atoms with Crippen LogP contribution in [0.3, 0.4) is 0 Å². The van der Waals surface area contributed by atoms with Crippen molar-refractivity contribution in [1.29, 1.82) is 5.26 Å². The summed E-state index contributed by atoms with van der Waals surface area (Å²) < 4.78 is 27.2. The molecule has 3 heterocycles. The number of carbonyl (C=O) groups is 1. The Labute approximate surface area is 176 Å². The van der Waals surface area contributed by atoms with Gasteiger partial charge in [0.25, 0.3) is 10.0 Å². The van der Waals surface area contributed by atoms with Gasteiger partial charge in [-0.15, -0.1) is 22.7 Å². The van der Waals surface area contributed by atoms with Gasteiger partial charge in [-0.2, -0.15) is 9.57 Å². The molecule has 1 fully saturated rings. The molecule has 1 aliphatic rings. The Morgan fingerprint density at radius 3 is 2.72 bits per heavy atom. The summed E-state index contributed by atoms with van der Waals surface area (Å²) in [7, 11) is -3.68. The summed E-state index contributed by atoms with van der Waals surface area (Å²) in [6, 6.07) is 11.6. The van der Waals surface area contributed by atoms with Crippen LogP contribution in [0.2, 0.25) is 0 Å². The highest BCUT2D eigenvalue weighted by Crippen LogP contribution is 2.30. The zero-order chi connectivity index (χ0) is 20.4. The fourth-order valence-corrected chi connectivity index (χ4v) is 6.68. The number of rotatable bonds is 5. The number of thiophene rings is 1. The second-order valence-electron chi connectivity index (χ2n) is 6.42. The van der Waals surface area contributed by atoms with Gasteiger partial charge in [0.2, 0.25) is 5.91 Å². The largest absolute Gasteiger partial charge is 0.301 e. The van der Waals surface area contributed by atoms with E-state index in [1.807, 2.05) is 5.38 Å². The number of hydrogen-bond donors (Lipinski definition) is 1. The SMILES string of the molecule is N#Cc1ccc(-c2csc(NC(=O)[C@H]3CCCN3S(=O)(=O)c3cccs3)n2)cc1. The minimum atomic E-state index is -3.68. The molecule has 1 aliphatic heterocycles. The maximum absolute atomic E-state index is 12.8. The molecule has 0 bridgehead atoms. The third-order valence-electron chi connectivity index (χ3n) is 4.61. The number of hydrogen-bond acceptors (Lipinski definition) is 7. The van der Waals surface area contributed by atoms with Gasteiger partial charge >= 0.3 is 0 Å². The molecule has 29 heavy (non-hydrogen) atoms. The average Bonchev–Trinajstić information content (AvgIpc) is 3.49. The maximum Gasteiger partial charge on any atom is 0.253 e. The molecule has 0 aliphatic carbocycles. The molecule has 10 heteroatoms. The summed E-state index contributed by atoms with van der Waals surface area (Å²) in [6.07, 6.45) is 1.11. The van der Waals surface area contributed by atoms with Crippen LogP contribution in [-0.2, 0) is 14.8 Å². The van der Waals surface area contributed by atoms with Crippen LogP contribution >= 0.6 is 22.7 Å². The number of anilines is 1. The molecule has 2 aromatic heterocycles. The number of nitrogens with zero attached hydrogens (tertiary/aromatic N) is 3. The second kappa shape index (κ2) is 8.04. The summed E-state index contributed by atoms with van der Waals surface area (Å²) in [5, 5.41) is 15.6. The fraction of sp³-hybridized carbons (Fsp3) is 0.211. The van der Waals surface area contributed by atoms with Crippen LogP contribution in [0.4, 0.5) is 5.13 Å². The van der Waals surface area contributed by atoms with E-state index in [1.54, 1.807) is 41.8 Å². The third kappa shape index (κ3) is 3.95. The Morgan fingerprint density at radius 1 is 1.24 bits per heavy atom. The number of carbonyl (C=O) groups excluding carboxylic acids is 1. The van der Waals surface area contributed by atoms with E-state index in [9.17, 15) is 13.2 Å². The summed E-state index contributed by atoms with van der Waals surface area (Å²) in [6.45, 7) is 0.326. The van der Waals surface area contributed by atoms with Gasteiger partial charge in [0, 0.05) is 17.5 Å². The number of nitriles is 1. The van der Waals surface area contributed by atoms with Gasteiger partial charge in [0.05, 0.1) is 17.3 Å². The second-order valence-corrected chi connectivity index (χ2v) is 10.3. The Morgan fingerprint density at radius 2 is 2.03 bits per heavy atom. The average molecular weight is 445 g/mol. The van der Waals surface area contributed by atoms with E-state index in [4.69, 9.17) is 5.26 Å². The van der Waals surface area contributed by atoms with Crippen molar-refractivity contribution in [2.24, 2.45) is 0 Å². The normalized spacial score (nSPS) is 17.1. The molecule has 0 saturated carbocycles. The monoisotopic (exact) mass is 444 g/mol. The Hall–Kier alpha value is -2.58. The van der Waals surface area contributed by atoms with Gasteiger partial charge < -0.3 is 5.32 Å². The number of aromatic nitrogens is 1. The van der Waals surface area contributed by atoms with Crippen molar-refractivity contribution in [3.8, 4) is 17.3 Å². The molecule has 3 aromatic rings. The molecule has 1 saturated heterocycles. The fourth-order valence-electron chi connectivity index (χ4n) is 3.18. The van der Waals surface area contributed by atoms with Crippen LogP contribution in [-0.4, -0.2) is 36.2 Å².